The lowest BCUT2D eigenvalue weighted by molar-refractivity contribution is -0.150. The molecule has 0 amide bonds. The van der Waals surface area contributed by atoms with E-state index in [0.717, 1.165) is 5.56 Å². The molecule has 0 radical (unpaired) electrons. The van der Waals surface area contributed by atoms with E-state index in [1.54, 1.807) is 25.3 Å². The summed E-state index contributed by atoms with van der Waals surface area (Å²) in [6, 6.07) is 5.03. The summed E-state index contributed by atoms with van der Waals surface area (Å²) >= 11 is 0. The Balaban J connectivity index is 3.05. The Labute approximate surface area is 99.9 Å². The van der Waals surface area contributed by atoms with Crippen molar-refractivity contribution in [1.82, 2.24) is 0 Å². The van der Waals surface area contributed by atoms with Crippen LogP contribution in [0.15, 0.2) is 18.2 Å². The number of aliphatic hydroxyl groups is 1. The zero-order chi connectivity index (χ0) is 12.8. The predicted molar refractivity (Wildman–Crippen MR) is 60.7 cm³/mol. The van der Waals surface area contributed by atoms with Crippen LogP contribution in [0, 0.1) is 0 Å². The highest BCUT2D eigenvalue weighted by Gasteiger charge is 2.19. The highest BCUT2D eigenvalue weighted by atomic mass is 16.5. The molecular weight excluding hydrogens is 224 g/mol. The fourth-order valence-electron chi connectivity index (χ4n) is 1.46. The Kier molecular flexibility index (Phi) is 4.93. The van der Waals surface area contributed by atoms with Gasteiger partial charge < -0.3 is 19.3 Å². The molecule has 1 aromatic rings. The molecule has 1 unspecified atom stereocenters. The summed E-state index contributed by atoms with van der Waals surface area (Å²) in [5.41, 5.74) is 1.23. The van der Waals surface area contributed by atoms with E-state index in [-0.39, 0.29) is 0 Å². The van der Waals surface area contributed by atoms with Gasteiger partial charge >= 0.3 is 5.97 Å². The molecule has 1 aromatic carbocycles. The van der Waals surface area contributed by atoms with Gasteiger partial charge in [0.1, 0.15) is 5.75 Å². The summed E-state index contributed by atoms with van der Waals surface area (Å²) in [6.07, 6.45) is -1.31. The molecule has 0 bridgehead atoms. The van der Waals surface area contributed by atoms with Crippen LogP contribution in [-0.2, 0) is 20.9 Å². The molecule has 1 atom stereocenters. The van der Waals surface area contributed by atoms with E-state index in [9.17, 15) is 9.90 Å². The Hall–Kier alpha value is -1.59. The number of hydrogen-bond acceptors (Lipinski definition) is 5. The Morgan fingerprint density at radius 3 is 2.53 bits per heavy atom. The van der Waals surface area contributed by atoms with Gasteiger partial charge in [-0.15, -0.1) is 0 Å². The number of ether oxygens (including phenoxy) is 3. The van der Waals surface area contributed by atoms with E-state index in [0.29, 0.717) is 17.9 Å². The van der Waals surface area contributed by atoms with Crippen molar-refractivity contribution >= 4 is 5.97 Å². The minimum Gasteiger partial charge on any atom is -0.497 e. The highest BCUT2D eigenvalue weighted by molar-refractivity contribution is 5.76. The van der Waals surface area contributed by atoms with Crippen molar-refractivity contribution in [3.63, 3.8) is 0 Å². The van der Waals surface area contributed by atoms with Crippen LogP contribution in [0.5, 0.6) is 5.75 Å². The molecular formula is C12H16O5. The number of benzene rings is 1. The van der Waals surface area contributed by atoms with Crippen molar-refractivity contribution in [2.24, 2.45) is 0 Å². The van der Waals surface area contributed by atoms with Crippen LogP contribution in [0.25, 0.3) is 0 Å². The maximum atomic E-state index is 11.2. The van der Waals surface area contributed by atoms with Gasteiger partial charge in [0.15, 0.2) is 6.10 Å². The lowest BCUT2D eigenvalue weighted by atomic mass is 10.1. The highest BCUT2D eigenvalue weighted by Crippen LogP contribution is 2.23. The normalized spacial score (nSPS) is 12.0. The largest absolute Gasteiger partial charge is 0.497 e. The van der Waals surface area contributed by atoms with Crippen molar-refractivity contribution in [1.29, 1.82) is 0 Å². The lowest BCUT2D eigenvalue weighted by Crippen LogP contribution is -2.13. The minimum atomic E-state index is -1.31. The van der Waals surface area contributed by atoms with Gasteiger partial charge in [-0.2, -0.15) is 0 Å². The summed E-state index contributed by atoms with van der Waals surface area (Å²) in [4.78, 5) is 11.2. The fourth-order valence-corrected chi connectivity index (χ4v) is 1.46. The molecule has 0 spiro atoms. The second-order valence-electron chi connectivity index (χ2n) is 3.47. The molecule has 0 aliphatic rings. The van der Waals surface area contributed by atoms with Gasteiger partial charge in [-0.25, -0.2) is 4.79 Å². The molecule has 0 aliphatic carbocycles. The molecule has 0 saturated heterocycles. The molecule has 0 aromatic heterocycles. The van der Waals surface area contributed by atoms with Crippen molar-refractivity contribution < 1.29 is 24.1 Å². The van der Waals surface area contributed by atoms with Crippen molar-refractivity contribution in [2.45, 2.75) is 12.7 Å². The molecule has 5 nitrogen and oxygen atoms in total. The second kappa shape index (κ2) is 6.22. The van der Waals surface area contributed by atoms with Crippen LogP contribution in [0.3, 0.4) is 0 Å². The van der Waals surface area contributed by atoms with Crippen LogP contribution in [0.2, 0.25) is 0 Å². The third-order valence-electron chi connectivity index (χ3n) is 2.28. The second-order valence-corrected chi connectivity index (χ2v) is 3.47. The van der Waals surface area contributed by atoms with E-state index in [2.05, 4.69) is 4.74 Å². The molecule has 0 fully saturated rings. The smallest absolute Gasteiger partial charge is 0.339 e. The molecule has 1 N–H and O–H groups in total. The number of methoxy groups -OCH3 is 3. The fraction of sp³-hybridized carbons (Fsp3) is 0.417. The van der Waals surface area contributed by atoms with E-state index in [4.69, 9.17) is 9.47 Å². The van der Waals surface area contributed by atoms with E-state index in [1.807, 2.05) is 0 Å². The SMILES string of the molecule is COCc1cc(OC)cc(C(O)C(=O)OC)c1. The first-order chi connectivity index (χ1) is 8.12. The molecule has 0 aliphatic heterocycles. The molecule has 5 heteroatoms. The first-order valence-corrected chi connectivity index (χ1v) is 5.05. The standard InChI is InChI=1S/C12H16O5/c1-15-7-8-4-9(6-10(5-8)16-2)11(13)12(14)17-3/h4-6,11,13H,7H2,1-3H3. The van der Waals surface area contributed by atoms with Crippen molar-refractivity contribution in [2.75, 3.05) is 21.3 Å². The van der Waals surface area contributed by atoms with Gasteiger partial charge in [0.25, 0.3) is 0 Å². The van der Waals surface area contributed by atoms with Crippen LogP contribution < -0.4 is 4.74 Å². The van der Waals surface area contributed by atoms with Crippen molar-refractivity contribution in [3.05, 3.63) is 29.3 Å². The average molecular weight is 240 g/mol. The maximum Gasteiger partial charge on any atom is 0.339 e. The summed E-state index contributed by atoms with van der Waals surface area (Å²) in [5, 5.41) is 9.73. The Morgan fingerprint density at radius 1 is 1.29 bits per heavy atom. The first kappa shape index (κ1) is 13.5. The molecule has 94 valence electrons. The first-order valence-electron chi connectivity index (χ1n) is 5.05. The average Bonchev–Trinajstić information content (AvgIpc) is 2.36. The van der Waals surface area contributed by atoms with Gasteiger partial charge in [-0.05, 0) is 23.3 Å². The number of esters is 1. The number of rotatable bonds is 5. The third kappa shape index (κ3) is 3.44. The zero-order valence-corrected chi connectivity index (χ0v) is 10.1. The van der Waals surface area contributed by atoms with E-state index >= 15 is 0 Å². The monoisotopic (exact) mass is 240 g/mol. The predicted octanol–water partition coefficient (Wildman–Crippen LogP) is 1.05. The Morgan fingerprint density at radius 2 is 2.00 bits per heavy atom. The topological polar surface area (TPSA) is 65.0 Å². The minimum absolute atomic E-state index is 0.373. The van der Waals surface area contributed by atoms with Gasteiger partial charge in [0.05, 0.1) is 20.8 Å². The van der Waals surface area contributed by atoms with Crippen LogP contribution in [0.4, 0.5) is 0 Å². The zero-order valence-electron chi connectivity index (χ0n) is 10.1. The van der Waals surface area contributed by atoms with Crippen molar-refractivity contribution in [3.8, 4) is 5.75 Å². The van der Waals surface area contributed by atoms with Crippen LogP contribution in [-0.4, -0.2) is 32.4 Å². The number of hydrogen-bond donors (Lipinski definition) is 1. The van der Waals surface area contributed by atoms with Gasteiger partial charge in [0, 0.05) is 7.11 Å². The molecule has 0 heterocycles. The van der Waals surface area contributed by atoms with Gasteiger partial charge in [0.2, 0.25) is 0 Å². The summed E-state index contributed by atoms with van der Waals surface area (Å²) in [5.74, 6) is -0.154. The third-order valence-corrected chi connectivity index (χ3v) is 2.28. The van der Waals surface area contributed by atoms with Crippen LogP contribution in [0.1, 0.15) is 17.2 Å². The quantitative estimate of drug-likeness (QED) is 0.779. The molecule has 1 rings (SSSR count). The molecule has 0 saturated carbocycles. The number of aliphatic hydroxyl groups excluding tert-OH is 1. The van der Waals surface area contributed by atoms with E-state index in [1.165, 1.54) is 14.2 Å². The van der Waals surface area contributed by atoms with Crippen LogP contribution >= 0.6 is 0 Å². The summed E-state index contributed by atoms with van der Waals surface area (Å²) < 4.78 is 14.6. The Bertz CT molecular complexity index is 388. The number of carbonyl (C=O) groups excluding carboxylic acids is 1. The molecule has 17 heavy (non-hydrogen) atoms. The number of carbonyl (C=O) groups is 1. The van der Waals surface area contributed by atoms with Gasteiger partial charge in [-0.3, -0.25) is 0 Å². The summed E-state index contributed by atoms with van der Waals surface area (Å²) in [7, 11) is 4.30. The maximum absolute atomic E-state index is 11.2. The van der Waals surface area contributed by atoms with E-state index < -0.39 is 12.1 Å². The summed E-state index contributed by atoms with van der Waals surface area (Å²) in [6.45, 7) is 0.373. The van der Waals surface area contributed by atoms with Gasteiger partial charge in [-0.1, -0.05) is 6.07 Å². The lowest BCUT2D eigenvalue weighted by Gasteiger charge is -2.12.